The van der Waals surface area contributed by atoms with Gasteiger partial charge in [-0.2, -0.15) is 0 Å². The summed E-state index contributed by atoms with van der Waals surface area (Å²) in [5.74, 6) is -0.932. The monoisotopic (exact) mass is 305 g/mol. The minimum atomic E-state index is -0.451. The summed E-state index contributed by atoms with van der Waals surface area (Å²) in [6.07, 6.45) is 0. The lowest BCUT2D eigenvalue weighted by atomic mass is 10.1. The van der Waals surface area contributed by atoms with Gasteiger partial charge in [-0.1, -0.05) is 29.8 Å². The van der Waals surface area contributed by atoms with Gasteiger partial charge in [0.05, 0.1) is 6.04 Å². The Morgan fingerprint density at radius 2 is 1.62 bits per heavy atom. The maximum absolute atomic E-state index is 12.4. The van der Waals surface area contributed by atoms with E-state index >= 15 is 0 Å². The molecule has 0 radical (unpaired) electrons. The predicted molar refractivity (Wildman–Crippen MR) is 81.7 cm³/mol. The number of benzene rings is 2. The van der Waals surface area contributed by atoms with Crippen LogP contribution in [0.1, 0.15) is 28.9 Å². The lowest BCUT2D eigenvalue weighted by molar-refractivity contribution is 0.0736. The normalized spacial score (nSPS) is 12.0. The molecule has 0 spiro atoms. The fraction of sp³-hybridized carbons (Fsp3) is 0.188. The lowest BCUT2D eigenvalue weighted by Crippen LogP contribution is -2.29. The van der Waals surface area contributed by atoms with E-state index in [1.54, 1.807) is 19.2 Å². The van der Waals surface area contributed by atoms with Crippen LogP contribution < -0.4 is 0 Å². The molecule has 0 aliphatic heterocycles. The highest BCUT2D eigenvalue weighted by Crippen LogP contribution is 2.30. The molecule has 0 saturated carbocycles. The molecule has 2 aromatic carbocycles. The van der Waals surface area contributed by atoms with Crippen LogP contribution in [-0.4, -0.2) is 28.1 Å². The van der Waals surface area contributed by atoms with Gasteiger partial charge >= 0.3 is 0 Å². The molecule has 21 heavy (non-hydrogen) atoms. The average molecular weight is 306 g/mol. The van der Waals surface area contributed by atoms with E-state index < -0.39 is 5.91 Å². The number of amides is 1. The van der Waals surface area contributed by atoms with Crippen LogP contribution in [0.4, 0.5) is 0 Å². The van der Waals surface area contributed by atoms with E-state index in [2.05, 4.69) is 0 Å². The smallest absolute Gasteiger partial charge is 0.261 e. The molecule has 4 nitrogen and oxygen atoms in total. The van der Waals surface area contributed by atoms with Crippen LogP contribution in [-0.2, 0) is 0 Å². The van der Waals surface area contributed by atoms with E-state index in [4.69, 9.17) is 11.6 Å². The highest BCUT2D eigenvalue weighted by molar-refractivity contribution is 6.30. The first-order chi connectivity index (χ1) is 9.91. The zero-order valence-electron chi connectivity index (χ0n) is 11.7. The highest BCUT2D eigenvalue weighted by atomic mass is 35.5. The summed E-state index contributed by atoms with van der Waals surface area (Å²) in [5, 5.41) is 20.2. The van der Waals surface area contributed by atoms with Crippen molar-refractivity contribution in [3.63, 3.8) is 0 Å². The lowest BCUT2D eigenvalue weighted by Gasteiger charge is -2.26. The van der Waals surface area contributed by atoms with Gasteiger partial charge in [0.2, 0.25) is 0 Å². The van der Waals surface area contributed by atoms with Crippen LogP contribution in [0, 0.1) is 0 Å². The minimum absolute atomic E-state index is 0.0965. The Balaban J connectivity index is 2.28. The van der Waals surface area contributed by atoms with Gasteiger partial charge in [-0.25, -0.2) is 0 Å². The Hall–Kier alpha value is -2.20. The third-order valence-electron chi connectivity index (χ3n) is 3.49. The van der Waals surface area contributed by atoms with Gasteiger partial charge in [-0.3, -0.25) is 4.79 Å². The molecule has 0 aliphatic carbocycles. The van der Waals surface area contributed by atoms with E-state index in [9.17, 15) is 15.0 Å². The standard InChI is InChI=1S/C16H16ClNO3/c1-10(11-6-8-12(17)9-7-11)18(2)16(21)15-13(19)4-3-5-14(15)20/h3-10,19-20H,1-2H3. The first kappa shape index (κ1) is 15.2. The molecule has 1 atom stereocenters. The molecule has 0 aliphatic rings. The molecule has 1 unspecified atom stereocenters. The first-order valence-corrected chi connectivity index (χ1v) is 6.83. The number of carbonyl (C=O) groups is 1. The maximum Gasteiger partial charge on any atom is 0.261 e. The fourth-order valence-electron chi connectivity index (χ4n) is 2.06. The zero-order chi connectivity index (χ0) is 15.6. The Kier molecular flexibility index (Phi) is 4.38. The van der Waals surface area contributed by atoms with Crippen LogP contribution >= 0.6 is 11.6 Å². The summed E-state index contributed by atoms with van der Waals surface area (Å²) < 4.78 is 0. The van der Waals surface area contributed by atoms with E-state index in [1.165, 1.54) is 23.1 Å². The second-order valence-electron chi connectivity index (χ2n) is 4.81. The van der Waals surface area contributed by atoms with Crippen molar-refractivity contribution < 1.29 is 15.0 Å². The fourth-order valence-corrected chi connectivity index (χ4v) is 2.19. The van der Waals surface area contributed by atoms with Crippen molar-refractivity contribution in [2.75, 3.05) is 7.05 Å². The molecule has 0 heterocycles. The average Bonchev–Trinajstić information content (AvgIpc) is 2.46. The molecular weight excluding hydrogens is 290 g/mol. The highest BCUT2D eigenvalue weighted by Gasteiger charge is 2.24. The summed E-state index contributed by atoms with van der Waals surface area (Å²) in [4.78, 5) is 13.9. The van der Waals surface area contributed by atoms with Crippen molar-refractivity contribution in [2.24, 2.45) is 0 Å². The van der Waals surface area contributed by atoms with Crippen molar-refractivity contribution in [3.8, 4) is 11.5 Å². The van der Waals surface area contributed by atoms with Gasteiger partial charge in [0, 0.05) is 12.1 Å². The number of hydrogen-bond donors (Lipinski definition) is 2. The van der Waals surface area contributed by atoms with Gasteiger partial charge in [0.15, 0.2) is 0 Å². The molecule has 2 aromatic rings. The third kappa shape index (κ3) is 3.11. The number of aromatic hydroxyl groups is 2. The SMILES string of the molecule is CC(c1ccc(Cl)cc1)N(C)C(=O)c1c(O)cccc1O. The summed E-state index contributed by atoms with van der Waals surface area (Å²) in [6.45, 7) is 1.86. The number of carbonyl (C=O) groups excluding carboxylic acids is 1. The Morgan fingerprint density at radius 1 is 1.10 bits per heavy atom. The topological polar surface area (TPSA) is 60.8 Å². The number of nitrogens with zero attached hydrogens (tertiary/aromatic N) is 1. The van der Waals surface area contributed by atoms with Crippen molar-refractivity contribution in [3.05, 3.63) is 58.6 Å². The molecule has 5 heteroatoms. The van der Waals surface area contributed by atoms with Crippen molar-refractivity contribution in [2.45, 2.75) is 13.0 Å². The predicted octanol–water partition coefficient (Wildman–Crippen LogP) is 3.58. The number of hydrogen-bond acceptors (Lipinski definition) is 3. The molecule has 0 aromatic heterocycles. The summed E-state index contributed by atoms with van der Waals surface area (Å²) in [5.41, 5.74) is 0.811. The number of rotatable bonds is 3. The van der Waals surface area contributed by atoms with E-state index in [0.717, 1.165) is 5.56 Å². The third-order valence-corrected chi connectivity index (χ3v) is 3.74. The largest absolute Gasteiger partial charge is 0.507 e. The second-order valence-corrected chi connectivity index (χ2v) is 5.25. The Labute approximate surface area is 128 Å². The molecule has 0 fully saturated rings. The van der Waals surface area contributed by atoms with Gasteiger partial charge in [-0.05, 0) is 36.8 Å². The molecular formula is C16H16ClNO3. The van der Waals surface area contributed by atoms with Gasteiger partial charge in [-0.15, -0.1) is 0 Å². The van der Waals surface area contributed by atoms with E-state index in [-0.39, 0.29) is 23.1 Å². The number of halogens is 1. The number of phenols is 2. The Morgan fingerprint density at radius 3 is 2.14 bits per heavy atom. The van der Waals surface area contributed by atoms with Crippen LogP contribution in [0.2, 0.25) is 5.02 Å². The van der Waals surface area contributed by atoms with Crippen LogP contribution in [0.5, 0.6) is 11.5 Å². The zero-order valence-corrected chi connectivity index (χ0v) is 12.5. The minimum Gasteiger partial charge on any atom is -0.507 e. The molecule has 2 N–H and O–H groups in total. The van der Waals surface area contributed by atoms with E-state index in [1.807, 2.05) is 19.1 Å². The van der Waals surface area contributed by atoms with Crippen molar-refractivity contribution in [1.29, 1.82) is 0 Å². The van der Waals surface area contributed by atoms with Gasteiger partial charge in [0.1, 0.15) is 17.1 Å². The summed E-state index contributed by atoms with van der Waals surface area (Å²) in [6, 6.07) is 11.2. The van der Waals surface area contributed by atoms with Crippen LogP contribution in [0.25, 0.3) is 0 Å². The maximum atomic E-state index is 12.4. The first-order valence-electron chi connectivity index (χ1n) is 6.45. The molecule has 1 amide bonds. The Bertz CT molecular complexity index is 635. The van der Waals surface area contributed by atoms with Crippen LogP contribution in [0.15, 0.2) is 42.5 Å². The quantitative estimate of drug-likeness (QED) is 0.911. The molecule has 0 bridgehead atoms. The van der Waals surface area contributed by atoms with Crippen molar-refractivity contribution >= 4 is 17.5 Å². The molecule has 2 rings (SSSR count). The van der Waals surface area contributed by atoms with Crippen LogP contribution in [0.3, 0.4) is 0 Å². The summed E-state index contributed by atoms with van der Waals surface area (Å²) in [7, 11) is 1.62. The number of phenolic OH excluding ortho intramolecular Hbond substituents is 2. The molecule has 110 valence electrons. The van der Waals surface area contributed by atoms with E-state index in [0.29, 0.717) is 5.02 Å². The molecule has 0 saturated heterocycles. The summed E-state index contributed by atoms with van der Waals surface area (Å²) >= 11 is 5.85. The van der Waals surface area contributed by atoms with Gasteiger partial charge < -0.3 is 15.1 Å². The second kappa shape index (κ2) is 6.06. The van der Waals surface area contributed by atoms with Gasteiger partial charge in [0.25, 0.3) is 5.91 Å². The van der Waals surface area contributed by atoms with Crippen molar-refractivity contribution in [1.82, 2.24) is 4.90 Å².